The summed E-state index contributed by atoms with van der Waals surface area (Å²) in [5.41, 5.74) is 2.09. The van der Waals surface area contributed by atoms with E-state index >= 15 is 0 Å². The fraction of sp³-hybridized carbons (Fsp3) is 0.167. The van der Waals surface area contributed by atoms with Crippen LogP contribution in [0.3, 0.4) is 0 Å². The van der Waals surface area contributed by atoms with Crippen molar-refractivity contribution < 1.29 is 0 Å². The van der Waals surface area contributed by atoms with E-state index in [1.165, 1.54) is 11.8 Å². The van der Waals surface area contributed by atoms with E-state index in [-0.39, 0.29) is 10.8 Å². The van der Waals surface area contributed by atoms with Crippen LogP contribution in [0.15, 0.2) is 52.4 Å². The van der Waals surface area contributed by atoms with Crippen LogP contribution < -0.4 is 5.56 Å². The second kappa shape index (κ2) is 6.68. The molecule has 0 aliphatic heterocycles. The van der Waals surface area contributed by atoms with Crippen molar-refractivity contribution in [2.45, 2.75) is 24.3 Å². The molecule has 1 heterocycles. The maximum Gasteiger partial charge on any atom is 0.266 e. The SMILES string of the molecule is Cc1ccccc1-n1c(S[C@H](C)C#N)nc2cc(Cl)ccc2c1=O. The van der Waals surface area contributed by atoms with E-state index in [0.29, 0.717) is 21.1 Å². The van der Waals surface area contributed by atoms with Crippen LogP contribution in [0.4, 0.5) is 0 Å². The molecule has 0 unspecified atom stereocenters. The number of rotatable bonds is 3. The molecule has 0 bridgehead atoms. The van der Waals surface area contributed by atoms with Crippen molar-refractivity contribution in [1.29, 1.82) is 5.26 Å². The zero-order valence-electron chi connectivity index (χ0n) is 13.2. The summed E-state index contributed by atoms with van der Waals surface area (Å²) >= 11 is 7.29. The first-order chi connectivity index (χ1) is 11.5. The van der Waals surface area contributed by atoms with Crippen molar-refractivity contribution in [3.8, 4) is 11.8 Å². The average Bonchev–Trinajstić information content (AvgIpc) is 2.56. The molecule has 3 aromatic rings. The lowest BCUT2D eigenvalue weighted by Gasteiger charge is -2.15. The van der Waals surface area contributed by atoms with E-state index in [1.807, 2.05) is 31.2 Å². The minimum Gasteiger partial charge on any atom is -0.268 e. The molecule has 0 aliphatic rings. The molecule has 24 heavy (non-hydrogen) atoms. The highest BCUT2D eigenvalue weighted by Gasteiger charge is 2.17. The first-order valence-corrected chi connectivity index (χ1v) is 8.61. The molecule has 0 fully saturated rings. The Bertz CT molecular complexity index is 1020. The van der Waals surface area contributed by atoms with Gasteiger partial charge in [-0.15, -0.1) is 0 Å². The summed E-state index contributed by atoms with van der Waals surface area (Å²) in [6, 6.07) is 14.8. The molecule has 0 saturated heterocycles. The minimum absolute atomic E-state index is 0.168. The standard InChI is InChI=1S/C18H14ClN3OS/c1-11-5-3-4-6-16(11)22-17(23)14-8-7-13(19)9-15(14)21-18(22)24-12(2)10-20/h3-9,12H,1-2H3/t12-/m1/s1. The number of fused-ring (bicyclic) bond motifs is 1. The van der Waals surface area contributed by atoms with Gasteiger partial charge in [-0.05, 0) is 43.7 Å². The molecule has 0 N–H and O–H groups in total. The van der Waals surface area contributed by atoms with Gasteiger partial charge in [-0.25, -0.2) is 4.98 Å². The van der Waals surface area contributed by atoms with Crippen LogP contribution in [0.1, 0.15) is 12.5 Å². The quantitative estimate of drug-likeness (QED) is 0.517. The molecule has 120 valence electrons. The normalized spacial score (nSPS) is 12.1. The summed E-state index contributed by atoms with van der Waals surface area (Å²) in [4.78, 5) is 17.7. The number of benzene rings is 2. The molecule has 0 radical (unpaired) electrons. The Morgan fingerprint density at radius 3 is 2.75 bits per heavy atom. The van der Waals surface area contributed by atoms with Gasteiger partial charge in [-0.2, -0.15) is 5.26 Å². The van der Waals surface area contributed by atoms with Gasteiger partial charge in [0.1, 0.15) is 0 Å². The molecular formula is C18H14ClN3OS. The number of halogens is 1. The van der Waals surface area contributed by atoms with Crippen LogP contribution in [-0.4, -0.2) is 14.8 Å². The third kappa shape index (κ3) is 3.03. The Kier molecular flexibility index (Phi) is 4.61. The Morgan fingerprint density at radius 1 is 1.29 bits per heavy atom. The summed E-state index contributed by atoms with van der Waals surface area (Å²) in [6.07, 6.45) is 0. The predicted molar refractivity (Wildman–Crippen MR) is 98.0 cm³/mol. The Hall–Kier alpha value is -2.29. The lowest BCUT2D eigenvalue weighted by Crippen LogP contribution is -2.23. The molecule has 2 aromatic carbocycles. The van der Waals surface area contributed by atoms with E-state index < -0.39 is 0 Å². The highest BCUT2D eigenvalue weighted by atomic mass is 35.5. The number of thioether (sulfide) groups is 1. The fourth-order valence-corrected chi connectivity index (χ4v) is 3.40. The molecule has 4 nitrogen and oxygen atoms in total. The van der Waals surface area contributed by atoms with E-state index in [9.17, 15) is 4.79 Å². The van der Waals surface area contributed by atoms with Gasteiger partial charge < -0.3 is 0 Å². The molecule has 0 amide bonds. The van der Waals surface area contributed by atoms with Crippen LogP contribution in [0, 0.1) is 18.3 Å². The topological polar surface area (TPSA) is 58.7 Å². The Labute approximate surface area is 148 Å². The molecule has 6 heteroatoms. The minimum atomic E-state index is -0.330. The monoisotopic (exact) mass is 355 g/mol. The highest BCUT2D eigenvalue weighted by molar-refractivity contribution is 8.00. The van der Waals surface area contributed by atoms with Crippen LogP contribution in [0.2, 0.25) is 5.02 Å². The first kappa shape index (κ1) is 16.6. The summed E-state index contributed by atoms with van der Waals surface area (Å²) in [6.45, 7) is 3.72. The molecule has 0 saturated carbocycles. The second-order valence-electron chi connectivity index (χ2n) is 5.37. The first-order valence-electron chi connectivity index (χ1n) is 7.36. The van der Waals surface area contributed by atoms with Crippen molar-refractivity contribution in [3.63, 3.8) is 0 Å². The zero-order chi connectivity index (χ0) is 17.3. The summed E-state index contributed by atoms with van der Waals surface area (Å²) in [7, 11) is 0. The Morgan fingerprint density at radius 2 is 2.04 bits per heavy atom. The lowest BCUT2D eigenvalue weighted by molar-refractivity contribution is 0.813. The molecular weight excluding hydrogens is 342 g/mol. The van der Waals surface area contributed by atoms with Gasteiger partial charge >= 0.3 is 0 Å². The van der Waals surface area contributed by atoms with Gasteiger partial charge in [-0.1, -0.05) is 41.6 Å². The molecule has 1 atom stereocenters. The van der Waals surface area contributed by atoms with Gasteiger partial charge in [0.25, 0.3) is 5.56 Å². The highest BCUT2D eigenvalue weighted by Crippen LogP contribution is 2.26. The number of aromatic nitrogens is 2. The van der Waals surface area contributed by atoms with Gasteiger partial charge in [0.05, 0.1) is 27.9 Å². The van der Waals surface area contributed by atoms with Crippen molar-refractivity contribution in [1.82, 2.24) is 9.55 Å². The number of nitriles is 1. The molecule has 1 aromatic heterocycles. The van der Waals surface area contributed by atoms with E-state index in [4.69, 9.17) is 16.9 Å². The van der Waals surface area contributed by atoms with E-state index in [1.54, 1.807) is 29.7 Å². The van der Waals surface area contributed by atoms with E-state index in [2.05, 4.69) is 11.1 Å². The fourth-order valence-electron chi connectivity index (χ4n) is 2.43. The molecule has 3 rings (SSSR count). The molecule has 0 spiro atoms. The summed E-state index contributed by atoms with van der Waals surface area (Å²) < 4.78 is 1.57. The Balaban J connectivity index is 2.37. The maximum absolute atomic E-state index is 13.1. The van der Waals surface area contributed by atoms with Crippen LogP contribution in [-0.2, 0) is 0 Å². The van der Waals surface area contributed by atoms with Crippen LogP contribution >= 0.6 is 23.4 Å². The lowest BCUT2D eigenvalue weighted by atomic mass is 10.2. The van der Waals surface area contributed by atoms with Crippen molar-refractivity contribution in [3.05, 3.63) is 63.4 Å². The van der Waals surface area contributed by atoms with Crippen molar-refractivity contribution >= 4 is 34.3 Å². The predicted octanol–water partition coefficient (Wildman–Crippen LogP) is 4.35. The van der Waals surface area contributed by atoms with Crippen LogP contribution in [0.5, 0.6) is 0 Å². The number of nitrogens with zero attached hydrogens (tertiary/aromatic N) is 3. The van der Waals surface area contributed by atoms with Gasteiger partial charge in [0.2, 0.25) is 0 Å². The number of hydrogen-bond donors (Lipinski definition) is 0. The third-order valence-corrected chi connectivity index (χ3v) is 4.80. The van der Waals surface area contributed by atoms with Crippen LogP contribution in [0.25, 0.3) is 16.6 Å². The van der Waals surface area contributed by atoms with Gasteiger partial charge in [0.15, 0.2) is 5.16 Å². The smallest absolute Gasteiger partial charge is 0.266 e. The average molecular weight is 356 g/mol. The zero-order valence-corrected chi connectivity index (χ0v) is 14.7. The number of para-hydroxylation sites is 1. The van der Waals surface area contributed by atoms with Crippen molar-refractivity contribution in [2.75, 3.05) is 0 Å². The second-order valence-corrected chi connectivity index (χ2v) is 7.12. The van der Waals surface area contributed by atoms with E-state index in [0.717, 1.165) is 11.3 Å². The third-order valence-electron chi connectivity index (χ3n) is 3.62. The maximum atomic E-state index is 13.1. The number of aryl methyl sites for hydroxylation is 1. The van der Waals surface area contributed by atoms with Gasteiger partial charge in [-0.3, -0.25) is 9.36 Å². The number of hydrogen-bond acceptors (Lipinski definition) is 4. The summed E-state index contributed by atoms with van der Waals surface area (Å²) in [5.74, 6) is 0. The van der Waals surface area contributed by atoms with Crippen molar-refractivity contribution in [2.24, 2.45) is 0 Å². The summed E-state index contributed by atoms with van der Waals surface area (Å²) in [5, 5.41) is 10.3. The molecule has 0 aliphatic carbocycles. The van der Waals surface area contributed by atoms with Gasteiger partial charge in [0, 0.05) is 5.02 Å². The largest absolute Gasteiger partial charge is 0.268 e.